The Labute approximate surface area is 152 Å². The van der Waals surface area contributed by atoms with Gasteiger partial charge in [0, 0.05) is 5.54 Å². The van der Waals surface area contributed by atoms with Crippen LogP contribution in [0.4, 0.5) is 0 Å². The molecular formula is C19H25N3O4. The van der Waals surface area contributed by atoms with E-state index < -0.39 is 11.8 Å². The first kappa shape index (κ1) is 17.1. The first-order valence-electron chi connectivity index (χ1n) is 9.41. The fraction of sp³-hybridized carbons (Fsp3) is 0.632. The van der Waals surface area contributed by atoms with Gasteiger partial charge in [-0.2, -0.15) is 0 Å². The van der Waals surface area contributed by atoms with Crippen molar-refractivity contribution in [1.82, 2.24) is 16.0 Å². The zero-order valence-electron chi connectivity index (χ0n) is 14.8. The first-order valence-corrected chi connectivity index (χ1v) is 9.41. The minimum atomic E-state index is -0.455. The number of hydrogen-bond donors (Lipinski definition) is 3. The standard InChI is InChI=1S/C19H25N3O4/c23-16(10-21-18(25)15-2-1-3-26-15)20-11-17(24)22-19-7-12-4-13(8-19)6-14(5-12)9-19/h1-3,12-14H,4-11H2,(H,20,23)(H,21,25)(H,22,24). The van der Waals surface area contributed by atoms with Crippen molar-refractivity contribution < 1.29 is 18.8 Å². The largest absolute Gasteiger partial charge is 0.459 e. The second-order valence-electron chi connectivity index (χ2n) is 8.18. The van der Waals surface area contributed by atoms with E-state index in [1.807, 2.05) is 0 Å². The second kappa shape index (κ2) is 6.78. The molecule has 0 radical (unpaired) electrons. The SMILES string of the molecule is O=C(CNC(=O)c1ccco1)NCC(=O)NC12CC3CC(CC(C3)C1)C2. The van der Waals surface area contributed by atoms with Crippen LogP contribution in [0.25, 0.3) is 0 Å². The molecule has 1 aromatic heterocycles. The van der Waals surface area contributed by atoms with Crippen molar-refractivity contribution >= 4 is 17.7 Å². The number of furan rings is 1. The van der Waals surface area contributed by atoms with Gasteiger partial charge >= 0.3 is 0 Å². The van der Waals surface area contributed by atoms with Gasteiger partial charge in [-0.25, -0.2) is 0 Å². The van der Waals surface area contributed by atoms with Crippen molar-refractivity contribution in [2.75, 3.05) is 13.1 Å². The fourth-order valence-corrected chi connectivity index (χ4v) is 5.50. The lowest BCUT2D eigenvalue weighted by Gasteiger charge is -2.56. The van der Waals surface area contributed by atoms with Crippen molar-refractivity contribution in [3.05, 3.63) is 24.2 Å². The summed E-state index contributed by atoms with van der Waals surface area (Å²) in [6.07, 6.45) is 8.60. The Bertz CT molecular complexity index is 662. The lowest BCUT2D eigenvalue weighted by Crippen LogP contribution is -2.61. The summed E-state index contributed by atoms with van der Waals surface area (Å²) in [5.41, 5.74) is -0.0515. The molecule has 26 heavy (non-hydrogen) atoms. The molecule has 3 amide bonds. The molecule has 0 aliphatic heterocycles. The number of nitrogens with one attached hydrogen (secondary N) is 3. The van der Waals surface area contributed by atoms with E-state index in [1.165, 1.54) is 31.6 Å². The highest BCUT2D eigenvalue weighted by Gasteiger charge is 2.51. The van der Waals surface area contributed by atoms with Crippen LogP contribution < -0.4 is 16.0 Å². The van der Waals surface area contributed by atoms with E-state index in [0.29, 0.717) is 0 Å². The maximum atomic E-state index is 12.3. The van der Waals surface area contributed by atoms with E-state index in [9.17, 15) is 14.4 Å². The van der Waals surface area contributed by atoms with Gasteiger partial charge in [0.25, 0.3) is 5.91 Å². The Morgan fingerprint density at radius 3 is 2.15 bits per heavy atom. The van der Waals surface area contributed by atoms with Crippen LogP contribution in [0.15, 0.2) is 22.8 Å². The average Bonchev–Trinajstić information content (AvgIpc) is 3.11. The Balaban J connectivity index is 1.20. The van der Waals surface area contributed by atoms with Gasteiger partial charge < -0.3 is 20.4 Å². The van der Waals surface area contributed by atoms with Gasteiger partial charge in [0.1, 0.15) is 0 Å². The molecule has 0 unspecified atom stereocenters. The topological polar surface area (TPSA) is 100 Å². The molecule has 4 bridgehead atoms. The van der Waals surface area contributed by atoms with Gasteiger partial charge in [-0.3, -0.25) is 14.4 Å². The van der Waals surface area contributed by atoms with E-state index in [-0.39, 0.29) is 30.3 Å². The Morgan fingerprint density at radius 2 is 1.58 bits per heavy atom. The first-order chi connectivity index (χ1) is 12.5. The summed E-state index contributed by atoms with van der Waals surface area (Å²) in [4.78, 5) is 35.9. The third kappa shape index (κ3) is 3.61. The summed E-state index contributed by atoms with van der Waals surface area (Å²) in [7, 11) is 0. The minimum Gasteiger partial charge on any atom is -0.459 e. The molecule has 3 N–H and O–H groups in total. The maximum Gasteiger partial charge on any atom is 0.287 e. The molecule has 1 heterocycles. The lowest BCUT2D eigenvalue weighted by molar-refractivity contribution is -0.129. The Morgan fingerprint density at radius 1 is 0.962 bits per heavy atom. The normalized spacial score (nSPS) is 31.5. The molecule has 0 aromatic carbocycles. The molecule has 4 fully saturated rings. The lowest BCUT2D eigenvalue weighted by atomic mass is 9.53. The van der Waals surface area contributed by atoms with Crippen LogP contribution in [-0.2, 0) is 9.59 Å². The maximum absolute atomic E-state index is 12.3. The molecule has 7 nitrogen and oxygen atoms in total. The van der Waals surface area contributed by atoms with Gasteiger partial charge in [0.15, 0.2) is 5.76 Å². The number of hydrogen-bond acceptors (Lipinski definition) is 4. The molecule has 1 aromatic rings. The van der Waals surface area contributed by atoms with Crippen LogP contribution in [0.5, 0.6) is 0 Å². The molecule has 4 aliphatic rings. The molecule has 0 saturated heterocycles. The van der Waals surface area contributed by atoms with Gasteiger partial charge in [-0.05, 0) is 68.4 Å². The molecular weight excluding hydrogens is 334 g/mol. The van der Waals surface area contributed by atoms with E-state index in [4.69, 9.17) is 4.42 Å². The number of rotatable bonds is 6. The van der Waals surface area contributed by atoms with Crippen molar-refractivity contribution in [3.8, 4) is 0 Å². The summed E-state index contributed by atoms with van der Waals surface area (Å²) < 4.78 is 4.95. The quantitative estimate of drug-likeness (QED) is 0.711. The predicted octanol–water partition coefficient (Wildman–Crippen LogP) is 1.21. The summed E-state index contributed by atoms with van der Waals surface area (Å²) in [5, 5.41) is 8.24. The van der Waals surface area contributed by atoms with E-state index in [2.05, 4.69) is 16.0 Å². The van der Waals surface area contributed by atoms with Gasteiger partial charge in [-0.1, -0.05) is 0 Å². The van der Waals surface area contributed by atoms with Crippen molar-refractivity contribution in [2.45, 2.75) is 44.1 Å². The van der Waals surface area contributed by atoms with Crippen LogP contribution in [0.3, 0.4) is 0 Å². The van der Waals surface area contributed by atoms with E-state index >= 15 is 0 Å². The van der Waals surface area contributed by atoms with Crippen LogP contribution in [-0.4, -0.2) is 36.3 Å². The molecule has 5 rings (SSSR count). The zero-order chi connectivity index (χ0) is 18.1. The van der Waals surface area contributed by atoms with Gasteiger partial charge in [0.05, 0.1) is 19.4 Å². The third-order valence-corrected chi connectivity index (χ3v) is 6.04. The third-order valence-electron chi connectivity index (χ3n) is 6.04. The number of carbonyl (C=O) groups excluding carboxylic acids is 3. The van der Waals surface area contributed by atoms with E-state index in [0.717, 1.165) is 37.0 Å². The fourth-order valence-electron chi connectivity index (χ4n) is 5.50. The molecule has 0 spiro atoms. The molecule has 7 heteroatoms. The predicted molar refractivity (Wildman–Crippen MR) is 93.1 cm³/mol. The highest BCUT2D eigenvalue weighted by molar-refractivity contribution is 5.94. The second-order valence-corrected chi connectivity index (χ2v) is 8.18. The van der Waals surface area contributed by atoms with Gasteiger partial charge in [0.2, 0.25) is 11.8 Å². The number of carbonyl (C=O) groups is 3. The molecule has 4 aliphatic carbocycles. The summed E-state index contributed by atoms with van der Waals surface area (Å²) >= 11 is 0. The smallest absolute Gasteiger partial charge is 0.287 e. The monoisotopic (exact) mass is 359 g/mol. The van der Waals surface area contributed by atoms with Gasteiger partial charge in [-0.15, -0.1) is 0 Å². The van der Waals surface area contributed by atoms with Crippen molar-refractivity contribution in [3.63, 3.8) is 0 Å². The molecule has 0 atom stereocenters. The Hall–Kier alpha value is -2.31. The van der Waals surface area contributed by atoms with Crippen molar-refractivity contribution in [2.24, 2.45) is 17.8 Å². The highest BCUT2D eigenvalue weighted by atomic mass is 16.3. The molecule has 140 valence electrons. The number of amides is 3. The van der Waals surface area contributed by atoms with Crippen LogP contribution in [0.2, 0.25) is 0 Å². The minimum absolute atomic E-state index is 0.0515. The van der Waals surface area contributed by atoms with E-state index in [1.54, 1.807) is 6.07 Å². The van der Waals surface area contributed by atoms with Crippen LogP contribution in [0.1, 0.15) is 49.1 Å². The average molecular weight is 359 g/mol. The summed E-state index contributed by atoms with van der Waals surface area (Å²) in [5.74, 6) is 1.43. The van der Waals surface area contributed by atoms with Crippen LogP contribution >= 0.6 is 0 Å². The molecule has 4 saturated carbocycles. The Kier molecular flexibility index (Phi) is 4.46. The van der Waals surface area contributed by atoms with Crippen LogP contribution in [0, 0.1) is 17.8 Å². The summed E-state index contributed by atoms with van der Waals surface area (Å²) in [6.45, 7) is -0.249. The summed E-state index contributed by atoms with van der Waals surface area (Å²) in [6, 6.07) is 3.12. The van der Waals surface area contributed by atoms with Crippen molar-refractivity contribution in [1.29, 1.82) is 0 Å². The highest BCUT2D eigenvalue weighted by Crippen LogP contribution is 2.55. The zero-order valence-corrected chi connectivity index (χ0v) is 14.8.